The molecule has 0 unspecified atom stereocenters. The number of carbonyl (C=O) groups excluding carboxylic acids is 3. The lowest BCUT2D eigenvalue weighted by atomic mass is 9.85. The highest BCUT2D eigenvalue weighted by Crippen LogP contribution is 2.22. The zero-order chi connectivity index (χ0) is 31.1. The van der Waals surface area contributed by atoms with E-state index in [2.05, 4.69) is 51.2 Å². The molecule has 0 aromatic heterocycles. The summed E-state index contributed by atoms with van der Waals surface area (Å²) in [5.74, 6) is -1.82. The molecule has 230 valence electrons. The number of aliphatic hydroxyl groups is 1. The third-order valence-electron chi connectivity index (χ3n) is 6.45. The van der Waals surface area contributed by atoms with Crippen LogP contribution in [0.4, 0.5) is 4.79 Å². The van der Waals surface area contributed by atoms with Gasteiger partial charge in [-0.3, -0.25) is 4.79 Å². The quantitative estimate of drug-likeness (QED) is 0.137. The number of hydrogen-bond acceptors (Lipinski definition) is 7. The molecule has 6 N–H and O–H groups in total. The van der Waals surface area contributed by atoms with Gasteiger partial charge in [-0.1, -0.05) is 48.3 Å². The Morgan fingerprint density at radius 1 is 0.900 bits per heavy atom. The minimum atomic E-state index is -1.91. The number of nitrogens with two attached hydrogens (primary N) is 2. The second-order valence-electron chi connectivity index (χ2n) is 12.1. The average Bonchev–Trinajstić information content (AvgIpc) is 2.80. The van der Waals surface area contributed by atoms with Crippen LogP contribution in [0.5, 0.6) is 0 Å². The first-order chi connectivity index (χ1) is 18.4. The molecule has 0 rings (SSSR count). The van der Waals surface area contributed by atoms with E-state index < -0.39 is 47.4 Å². The number of allylic oxidation sites excluding steroid dienone is 6. The van der Waals surface area contributed by atoms with Crippen molar-refractivity contribution in [3.8, 4) is 0 Å². The molecule has 0 aromatic carbocycles. The van der Waals surface area contributed by atoms with E-state index in [4.69, 9.17) is 20.9 Å². The maximum absolute atomic E-state index is 13.1. The number of esters is 1. The van der Waals surface area contributed by atoms with E-state index in [9.17, 15) is 19.5 Å². The molecule has 2 amide bonds. The Hall–Kier alpha value is -2.65. The summed E-state index contributed by atoms with van der Waals surface area (Å²) in [5.41, 5.74) is 12.9. The number of hydrogen-bond donors (Lipinski definition) is 4. The van der Waals surface area contributed by atoms with Gasteiger partial charge in [-0.05, 0) is 100 Å². The predicted molar refractivity (Wildman–Crippen MR) is 160 cm³/mol. The molecule has 0 aliphatic heterocycles. The standard InChI is InChI=1S/C31H55N3O6/c1-10-14-24(27(33)35)39-28(36)26(34-29(37)40-30(6,7)8)31(9,38)25(32)20-13-19-23(5)18-12-17-22(4)16-11-15-21(2)3/h15,17,19,24-26,38H,10-14,16,18,20,32H2,1-9H3,(H2,33,35)(H,34,37)/t24-,25-,26+,31-/m0/s1. The van der Waals surface area contributed by atoms with Crippen LogP contribution in [0.1, 0.15) is 114 Å². The van der Waals surface area contributed by atoms with Crippen LogP contribution in [0.2, 0.25) is 0 Å². The molecule has 9 nitrogen and oxygen atoms in total. The molecule has 0 radical (unpaired) electrons. The lowest BCUT2D eigenvalue weighted by molar-refractivity contribution is -0.164. The summed E-state index contributed by atoms with van der Waals surface area (Å²) in [6, 6.07) is -2.49. The Labute approximate surface area is 241 Å². The third-order valence-corrected chi connectivity index (χ3v) is 6.45. The average molecular weight is 566 g/mol. The van der Waals surface area contributed by atoms with Crippen molar-refractivity contribution < 1.29 is 29.0 Å². The normalized spacial score (nSPS) is 16.3. The zero-order valence-corrected chi connectivity index (χ0v) is 26.3. The van der Waals surface area contributed by atoms with E-state index >= 15 is 0 Å². The molecule has 4 atom stereocenters. The summed E-state index contributed by atoms with van der Waals surface area (Å²) in [6.45, 7) is 16.6. The van der Waals surface area contributed by atoms with Gasteiger partial charge in [0, 0.05) is 6.04 Å². The molecule has 0 spiro atoms. The molecular formula is C31H55N3O6. The number of amides is 2. The summed E-state index contributed by atoms with van der Waals surface area (Å²) in [7, 11) is 0. The van der Waals surface area contributed by atoms with Gasteiger partial charge >= 0.3 is 12.1 Å². The number of carbonyl (C=O) groups is 3. The highest BCUT2D eigenvalue weighted by molar-refractivity contribution is 5.86. The highest BCUT2D eigenvalue weighted by atomic mass is 16.6. The first-order valence-corrected chi connectivity index (χ1v) is 14.3. The third kappa shape index (κ3) is 15.8. The van der Waals surface area contributed by atoms with Crippen LogP contribution in [-0.2, 0) is 19.1 Å². The molecule has 0 aliphatic carbocycles. The van der Waals surface area contributed by atoms with Crippen LogP contribution in [0.3, 0.4) is 0 Å². The fourth-order valence-electron chi connectivity index (χ4n) is 3.95. The van der Waals surface area contributed by atoms with E-state index in [1.54, 1.807) is 20.8 Å². The van der Waals surface area contributed by atoms with Crippen LogP contribution >= 0.6 is 0 Å². The van der Waals surface area contributed by atoms with Crippen LogP contribution in [0, 0.1) is 0 Å². The Morgan fingerprint density at radius 3 is 1.90 bits per heavy atom. The molecule has 0 saturated heterocycles. The van der Waals surface area contributed by atoms with Crippen molar-refractivity contribution in [3.63, 3.8) is 0 Å². The number of ether oxygens (including phenoxy) is 2. The molecule has 0 saturated carbocycles. The predicted octanol–water partition coefficient (Wildman–Crippen LogP) is 5.35. The second kappa shape index (κ2) is 17.9. The number of nitrogens with one attached hydrogen (secondary N) is 1. The lowest BCUT2D eigenvalue weighted by Gasteiger charge is -2.37. The minimum Gasteiger partial charge on any atom is -0.451 e. The lowest BCUT2D eigenvalue weighted by Crippen LogP contribution is -2.64. The number of primary amides is 1. The number of alkyl carbamates (subject to hydrolysis) is 1. The first-order valence-electron chi connectivity index (χ1n) is 14.3. The van der Waals surface area contributed by atoms with Crippen molar-refractivity contribution in [3.05, 3.63) is 34.9 Å². The van der Waals surface area contributed by atoms with E-state index in [0.717, 1.165) is 25.7 Å². The Morgan fingerprint density at radius 2 is 1.43 bits per heavy atom. The smallest absolute Gasteiger partial charge is 0.408 e. The highest BCUT2D eigenvalue weighted by Gasteiger charge is 2.45. The van der Waals surface area contributed by atoms with Gasteiger partial charge in [0.05, 0.1) is 0 Å². The van der Waals surface area contributed by atoms with Gasteiger partial charge in [-0.2, -0.15) is 0 Å². The molecule has 0 heterocycles. The Bertz CT molecular complexity index is 911. The van der Waals surface area contributed by atoms with Crippen molar-refractivity contribution in [1.82, 2.24) is 5.32 Å². The SMILES string of the molecule is CCC[C@H](OC(=O)[C@@H](NC(=O)OC(C)(C)C)[C@@](C)(O)[C@@H](N)CCC=C(C)CCC=C(C)CCC=C(C)C)C(N)=O. The molecule has 0 bridgehead atoms. The maximum Gasteiger partial charge on any atom is 0.408 e. The summed E-state index contributed by atoms with van der Waals surface area (Å²) < 4.78 is 10.6. The van der Waals surface area contributed by atoms with Crippen LogP contribution in [0.25, 0.3) is 0 Å². The fourth-order valence-corrected chi connectivity index (χ4v) is 3.95. The molecule has 9 heteroatoms. The van der Waals surface area contributed by atoms with Gasteiger partial charge in [0.1, 0.15) is 11.2 Å². The first kappa shape index (κ1) is 37.4. The monoisotopic (exact) mass is 565 g/mol. The minimum absolute atomic E-state index is 0.211. The number of rotatable bonds is 17. The van der Waals surface area contributed by atoms with Crippen LogP contribution in [0.15, 0.2) is 34.9 Å². The van der Waals surface area contributed by atoms with Crippen molar-refractivity contribution >= 4 is 18.0 Å². The van der Waals surface area contributed by atoms with E-state index in [0.29, 0.717) is 19.3 Å². The zero-order valence-electron chi connectivity index (χ0n) is 26.3. The van der Waals surface area contributed by atoms with Gasteiger partial charge in [-0.25, -0.2) is 9.59 Å². The maximum atomic E-state index is 13.1. The molecule has 40 heavy (non-hydrogen) atoms. The van der Waals surface area contributed by atoms with Crippen molar-refractivity contribution in [2.24, 2.45) is 11.5 Å². The summed E-state index contributed by atoms with van der Waals surface area (Å²) in [4.78, 5) is 37.4. The molecule has 0 aliphatic rings. The van der Waals surface area contributed by atoms with Crippen molar-refractivity contribution in [1.29, 1.82) is 0 Å². The Balaban J connectivity index is 5.40. The van der Waals surface area contributed by atoms with Gasteiger partial charge in [-0.15, -0.1) is 0 Å². The summed E-state index contributed by atoms with van der Waals surface area (Å²) >= 11 is 0. The van der Waals surface area contributed by atoms with Gasteiger partial charge in [0.25, 0.3) is 5.91 Å². The van der Waals surface area contributed by atoms with E-state index in [1.165, 1.54) is 23.6 Å². The van der Waals surface area contributed by atoms with Crippen molar-refractivity contribution in [2.75, 3.05) is 0 Å². The molecule has 0 fully saturated rings. The van der Waals surface area contributed by atoms with Crippen LogP contribution < -0.4 is 16.8 Å². The Kier molecular flexibility index (Phi) is 16.7. The molecular weight excluding hydrogens is 510 g/mol. The van der Waals surface area contributed by atoms with Gasteiger partial charge < -0.3 is 31.4 Å². The second-order valence-corrected chi connectivity index (χ2v) is 12.1. The van der Waals surface area contributed by atoms with Gasteiger partial charge in [0.2, 0.25) is 0 Å². The fraction of sp³-hybridized carbons (Fsp3) is 0.710. The summed E-state index contributed by atoms with van der Waals surface area (Å²) in [5, 5.41) is 13.8. The largest absolute Gasteiger partial charge is 0.451 e. The van der Waals surface area contributed by atoms with Crippen LogP contribution in [-0.4, -0.2) is 52.5 Å². The van der Waals surface area contributed by atoms with Gasteiger partial charge in [0.15, 0.2) is 12.1 Å². The topological polar surface area (TPSA) is 154 Å². The van der Waals surface area contributed by atoms with Crippen molar-refractivity contribution in [2.45, 2.75) is 143 Å². The van der Waals surface area contributed by atoms with E-state index in [-0.39, 0.29) is 6.42 Å². The molecule has 0 aromatic rings. The summed E-state index contributed by atoms with van der Waals surface area (Å²) in [6.07, 6.45) is 10.1. The van der Waals surface area contributed by atoms with E-state index in [1.807, 2.05) is 6.92 Å².